The number of carbonyl (C=O) groups excluding carboxylic acids is 1. The molecule has 0 aliphatic carbocycles. The van der Waals surface area contributed by atoms with Crippen molar-refractivity contribution in [3.8, 4) is 0 Å². The van der Waals surface area contributed by atoms with Crippen molar-refractivity contribution in [2.45, 2.75) is 5.75 Å². The van der Waals surface area contributed by atoms with E-state index in [1.54, 1.807) is 11.3 Å². The SMILES string of the molecule is O=C(NCCSCc1ccsc1)c1ccccc1I. The number of rotatable bonds is 6. The first kappa shape index (κ1) is 14.9. The first-order valence-corrected chi connectivity index (χ1v) is 9.06. The van der Waals surface area contributed by atoms with Crippen molar-refractivity contribution < 1.29 is 4.79 Å². The number of thiophene rings is 1. The molecule has 1 amide bonds. The average molecular weight is 403 g/mol. The highest BCUT2D eigenvalue weighted by Gasteiger charge is 2.07. The molecule has 5 heteroatoms. The van der Waals surface area contributed by atoms with Crippen molar-refractivity contribution in [1.29, 1.82) is 0 Å². The van der Waals surface area contributed by atoms with Crippen LogP contribution in [0.25, 0.3) is 0 Å². The third-order valence-electron chi connectivity index (χ3n) is 2.50. The second-order valence-corrected chi connectivity index (χ2v) is 6.97. The fraction of sp³-hybridized carbons (Fsp3) is 0.214. The van der Waals surface area contributed by atoms with E-state index in [-0.39, 0.29) is 5.91 Å². The number of halogens is 1. The zero-order valence-corrected chi connectivity index (χ0v) is 14.1. The van der Waals surface area contributed by atoms with Crippen molar-refractivity contribution in [1.82, 2.24) is 5.32 Å². The van der Waals surface area contributed by atoms with E-state index in [2.05, 4.69) is 44.7 Å². The molecule has 0 aliphatic heterocycles. The standard InChI is InChI=1S/C14H14INOS2/c15-13-4-2-1-3-12(13)14(17)16-6-8-19-10-11-5-7-18-9-11/h1-5,7,9H,6,8,10H2,(H,16,17). The van der Waals surface area contributed by atoms with Crippen molar-refractivity contribution in [2.24, 2.45) is 0 Å². The summed E-state index contributed by atoms with van der Waals surface area (Å²) in [6.45, 7) is 0.707. The Bertz CT molecular complexity index is 528. The molecular weight excluding hydrogens is 389 g/mol. The normalized spacial score (nSPS) is 10.4. The average Bonchev–Trinajstić information content (AvgIpc) is 2.92. The number of nitrogens with one attached hydrogen (secondary N) is 1. The van der Waals surface area contributed by atoms with Crippen LogP contribution in [-0.4, -0.2) is 18.2 Å². The fourth-order valence-electron chi connectivity index (χ4n) is 1.54. The topological polar surface area (TPSA) is 29.1 Å². The second kappa shape index (κ2) is 7.91. The lowest BCUT2D eigenvalue weighted by atomic mass is 10.2. The first-order valence-electron chi connectivity index (χ1n) is 5.89. The van der Waals surface area contributed by atoms with Crippen LogP contribution in [0.3, 0.4) is 0 Å². The van der Waals surface area contributed by atoms with Gasteiger partial charge < -0.3 is 5.32 Å². The van der Waals surface area contributed by atoms with Crippen molar-refractivity contribution in [3.05, 3.63) is 55.8 Å². The predicted octanol–water partition coefficient (Wildman–Crippen LogP) is 4.02. The molecule has 0 saturated heterocycles. The van der Waals surface area contributed by atoms with E-state index < -0.39 is 0 Å². The Morgan fingerprint density at radius 3 is 2.89 bits per heavy atom. The molecule has 0 fully saturated rings. The molecule has 0 unspecified atom stereocenters. The van der Waals surface area contributed by atoms with Gasteiger partial charge in [-0.3, -0.25) is 4.79 Å². The molecule has 19 heavy (non-hydrogen) atoms. The van der Waals surface area contributed by atoms with E-state index in [0.717, 1.165) is 20.6 Å². The smallest absolute Gasteiger partial charge is 0.252 e. The predicted molar refractivity (Wildman–Crippen MR) is 92.0 cm³/mol. The molecule has 2 aromatic rings. The monoisotopic (exact) mass is 403 g/mol. The molecule has 0 aliphatic rings. The summed E-state index contributed by atoms with van der Waals surface area (Å²) < 4.78 is 0.989. The summed E-state index contributed by atoms with van der Waals surface area (Å²) in [5.74, 6) is 1.97. The van der Waals surface area contributed by atoms with Crippen LogP contribution >= 0.6 is 45.7 Å². The van der Waals surface area contributed by atoms with Crippen LogP contribution in [0.1, 0.15) is 15.9 Å². The van der Waals surface area contributed by atoms with Gasteiger partial charge in [-0.25, -0.2) is 0 Å². The van der Waals surface area contributed by atoms with Gasteiger partial charge in [0.25, 0.3) is 5.91 Å². The van der Waals surface area contributed by atoms with Crippen LogP contribution in [0.15, 0.2) is 41.1 Å². The van der Waals surface area contributed by atoms with Gasteiger partial charge in [0.15, 0.2) is 0 Å². The highest BCUT2D eigenvalue weighted by Crippen LogP contribution is 2.14. The molecule has 1 aromatic heterocycles. The van der Waals surface area contributed by atoms with Crippen LogP contribution in [0.2, 0.25) is 0 Å². The Hall–Kier alpha value is -0.530. The molecule has 0 saturated carbocycles. The number of thioether (sulfide) groups is 1. The van der Waals surface area contributed by atoms with E-state index in [1.807, 2.05) is 36.0 Å². The van der Waals surface area contributed by atoms with Crippen molar-refractivity contribution >= 4 is 51.6 Å². The van der Waals surface area contributed by atoms with Gasteiger partial charge in [-0.2, -0.15) is 23.1 Å². The van der Waals surface area contributed by atoms with E-state index in [4.69, 9.17) is 0 Å². The Balaban J connectivity index is 1.68. The van der Waals surface area contributed by atoms with Crippen LogP contribution in [-0.2, 0) is 5.75 Å². The number of hydrogen-bond donors (Lipinski definition) is 1. The number of benzene rings is 1. The minimum absolute atomic E-state index is 0.0149. The highest BCUT2D eigenvalue weighted by molar-refractivity contribution is 14.1. The summed E-state index contributed by atoms with van der Waals surface area (Å²) in [6.07, 6.45) is 0. The molecule has 0 bridgehead atoms. The molecule has 0 spiro atoms. The lowest BCUT2D eigenvalue weighted by Crippen LogP contribution is -2.26. The molecule has 2 rings (SSSR count). The summed E-state index contributed by atoms with van der Waals surface area (Å²) in [7, 11) is 0. The Labute approximate surface area is 135 Å². The van der Waals surface area contributed by atoms with Crippen LogP contribution < -0.4 is 5.32 Å². The molecule has 2 nitrogen and oxygen atoms in total. The van der Waals surface area contributed by atoms with Gasteiger partial charge in [0.1, 0.15) is 0 Å². The Morgan fingerprint density at radius 2 is 2.16 bits per heavy atom. The summed E-state index contributed by atoms with van der Waals surface area (Å²) in [5.41, 5.74) is 2.12. The van der Waals surface area contributed by atoms with Crippen LogP contribution in [0, 0.1) is 3.57 Å². The van der Waals surface area contributed by atoms with Crippen molar-refractivity contribution in [3.63, 3.8) is 0 Å². The molecule has 1 heterocycles. The zero-order chi connectivity index (χ0) is 13.5. The maximum absolute atomic E-state index is 11.9. The first-order chi connectivity index (χ1) is 9.27. The lowest BCUT2D eigenvalue weighted by molar-refractivity contribution is 0.0955. The minimum Gasteiger partial charge on any atom is -0.351 e. The molecule has 0 atom stereocenters. The van der Waals surface area contributed by atoms with Crippen LogP contribution in [0.5, 0.6) is 0 Å². The zero-order valence-electron chi connectivity index (χ0n) is 10.3. The summed E-state index contributed by atoms with van der Waals surface area (Å²) >= 11 is 5.75. The van der Waals surface area contributed by atoms with Gasteiger partial charge in [0.2, 0.25) is 0 Å². The van der Waals surface area contributed by atoms with Crippen molar-refractivity contribution in [2.75, 3.05) is 12.3 Å². The molecule has 0 radical (unpaired) electrons. The maximum atomic E-state index is 11.9. The van der Waals surface area contributed by atoms with Gasteiger partial charge in [-0.15, -0.1) is 0 Å². The summed E-state index contributed by atoms with van der Waals surface area (Å²) in [5, 5.41) is 7.21. The fourth-order valence-corrected chi connectivity index (χ4v) is 3.75. The largest absolute Gasteiger partial charge is 0.351 e. The summed E-state index contributed by atoms with van der Waals surface area (Å²) in [4.78, 5) is 11.9. The van der Waals surface area contributed by atoms with Gasteiger partial charge in [0.05, 0.1) is 5.56 Å². The third kappa shape index (κ3) is 4.81. The van der Waals surface area contributed by atoms with Gasteiger partial charge in [0, 0.05) is 21.6 Å². The Kier molecular flexibility index (Phi) is 6.19. The molecule has 1 N–H and O–H groups in total. The summed E-state index contributed by atoms with van der Waals surface area (Å²) in [6, 6.07) is 9.77. The second-order valence-electron chi connectivity index (χ2n) is 3.92. The number of hydrogen-bond acceptors (Lipinski definition) is 3. The van der Waals surface area contributed by atoms with Gasteiger partial charge in [-0.1, -0.05) is 12.1 Å². The molecule has 100 valence electrons. The third-order valence-corrected chi connectivity index (χ3v) is 5.20. The van der Waals surface area contributed by atoms with E-state index in [0.29, 0.717) is 6.54 Å². The van der Waals surface area contributed by atoms with E-state index in [1.165, 1.54) is 5.56 Å². The van der Waals surface area contributed by atoms with E-state index in [9.17, 15) is 4.79 Å². The maximum Gasteiger partial charge on any atom is 0.252 e. The number of amides is 1. The Morgan fingerprint density at radius 1 is 1.32 bits per heavy atom. The van der Waals surface area contributed by atoms with Gasteiger partial charge in [-0.05, 0) is 57.1 Å². The molecule has 1 aromatic carbocycles. The minimum atomic E-state index is 0.0149. The quantitative estimate of drug-likeness (QED) is 0.583. The van der Waals surface area contributed by atoms with E-state index >= 15 is 0 Å². The highest BCUT2D eigenvalue weighted by atomic mass is 127. The number of carbonyl (C=O) groups is 1. The lowest BCUT2D eigenvalue weighted by Gasteiger charge is -2.06. The van der Waals surface area contributed by atoms with Gasteiger partial charge >= 0.3 is 0 Å². The van der Waals surface area contributed by atoms with Crippen LogP contribution in [0.4, 0.5) is 0 Å². The molecular formula is C14H14INOS2.